The number of rotatable bonds is 36. The number of allylic oxidation sites excluding steroid dienone is 15. The fraction of sp³-hybridized carbons (Fsp3) is 0.638. The van der Waals surface area contributed by atoms with Gasteiger partial charge >= 0.3 is 0 Å². The first-order chi connectivity index (χ1) is 25.2. The number of nitrogens with one attached hydrogen (secondary N) is 1. The van der Waals surface area contributed by atoms with Gasteiger partial charge in [0.25, 0.3) is 0 Å². The van der Waals surface area contributed by atoms with Crippen LogP contribution in [0.15, 0.2) is 97.2 Å². The Morgan fingerprint density at radius 3 is 1.37 bits per heavy atom. The average molecular weight is 706 g/mol. The predicted molar refractivity (Wildman–Crippen MR) is 225 cm³/mol. The van der Waals surface area contributed by atoms with E-state index in [4.69, 9.17) is 0 Å². The molecule has 0 bridgehead atoms. The minimum absolute atomic E-state index is 0.0949. The molecule has 4 nitrogen and oxygen atoms in total. The van der Waals surface area contributed by atoms with Crippen molar-refractivity contribution in [1.82, 2.24) is 5.32 Å². The van der Waals surface area contributed by atoms with Crippen molar-refractivity contribution in [2.24, 2.45) is 0 Å². The molecule has 4 heteroatoms. The highest BCUT2D eigenvalue weighted by Gasteiger charge is 2.17. The molecule has 0 spiro atoms. The Morgan fingerprint density at radius 1 is 0.490 bits per heavy atom. The van der Waals surface area contributed by atoms with Crippen molar-refractivity contribution in [3.8, 4) is 0 Å². The quantitative estimate of drug-likeness (QED) is 0.0449. The second-order valence-electron chi connectivity index (χ2n) is 13.7. The molecular weight excluding hydrogens is 627 g/mol. The van der Waals surface area contributed by atoms with E-state index in [9.17, 15) is 15.0 Å². The molecular formula is C47H79NO3. The predicted octanol–water partition coefficient (Wildman–Crippen LogP) is 13.1. The molecule has 0 aromatic heterocycles. The van der Waals surface area contributed by atoms with Gasteiger partial charge in [0.1, 0.15) is 0 Å². The van der Waals surface area contributed by atoms with Gasteiger partial charge in [-0.2, -0.15) is 0 Å². The third kappa shape index (κ3) is 38.4. The number of hydrogen-bond acceptors (Lipinski definition) is 3. The number of aliphatic hydroxyl groups is 2. The standard InChI is InChI=1S/C47H79NO3/c1-3-5-7-9-11-13-15-17-19-21-22-23-24-25-26-27-29-31-33-35-37-39-41-43-47(51)48-45(44-49)46(50)42-40-38-36-34-32-30-28-20-18-16-14-12-10-8-6-4-2/h5,7,11,13,17-20,22-23,25-26,32,34,40,42,45-46,49-50H,3-4,6,8-10,12,14-16,21,24,27-31,33,35-39,41,43-44H2,1-2H3,(H,48,51)/b7-5-,13-11-,19-17-,20-18+,23-22-,26-25-,34-32+,42-40+. The summed E-state index contributed by atoms with van der Waals surface area (Å²) in [5.41, 5.74) is 0. The van der Waals surface area contributed by atoms with Gasteiger partial charge in [0.05, 0.1) is 18.8 Å². The van der Waals surface area contributed by atoms with Crippen LogP contribution in [0.2, 0.25) is 0 Å². The smallest absolute Gasteiger partial charge is 0.220 e. The van der Waals surface area contributed by atoms with Gasteiger partial charge in [0.15, 0.2) is 0 Å². The third-order valence-electron chi connectivity index (χ3n) is 8.78. The van der Waals surface area contributed by atoms with Crippen LogP contribution in [0.3, 0.4) is 0 Å². The lowest BCUT2D eigenvalue weighted by molar-refractivity contribution is -0.123. The molecule has 2 unspecified atom stereocenters. The zero-order valence-corrected chi connectivity index (χ0v) is 33.1. The number of carbonyl (C=O) groups excluding carboxylic acids is 1. The number of hydrogen-bond donors (Lipinski definition) is 3. The second-order valence-corrected chi connectivity index (χ2v) is 13.7. The van der Waals surface area contributed by atoms with Gasteiger partial charge in [-0.05, 0) is 89.9 Å². The summed E-state index contributed by atoms with van der Waals surface area (Å²) in [6.07, 6.45) is 62.1. The molecule has 0 heterocycles. The summed E-state index contributed by atoms with van der Waals surface area (Å²) in [5, 5.41) is 22.9. The SMILES string of the molecule is CC/C=C\C/C=C\C/C=C\C/C=C\C/C=C\CCCCCCCCCC(=O)NC(CO)C(O)/C=C/CC/C=C/CC/C=C/CCCCCCCC. The molecule has 0 fully saturated rings. The van der Waals surface area contributed by atoms with Crippen LogP contribution in [0.4, 0.5) is 0 Å². The van der Waals surface area contributed by atoms with Gasteiger partial charge in [-0.15, -0.1) is 0 Å². The maximum absolute atomic E-state index is 12.4. The molecule has 0 radical (unpaired) electrons. The van der Waals surface area contributed by atoms with Gasteiger partial charge < -0.3 is 15.5 Å². The van der Waals surface area contributed by atoms with Gasteiger partial charge in [-0.25, -0.2) is 0 Å². The lowest BCUT2D eigenvalue weighted by Gasteiger charge is -2.19. The van der Waals surface area contributed by atoms with E-state index in [1.807, 2.05) is 6.08 Å². The maximum atomic E-state index is 12.4. The van der Waals surface area contributed by atoms with Gasteiger partial charge in [-0.3, -0.25) is 4.79 Å². The Bertz CT molecular complexity index is 983. The van der Waals surface area contributed by atoms with Crippen molar-refractivity contribution in [1.29, 1.82) is 0 Å². The zero-order chi connectivity index (χ0) is 37.1. The Kier molecular flexibility index (Phi) is 39.5. The highest BCUT2D eigenvalue weighted by molar-refractivity contribution is 5.76. The molecule has 0 aromatic carbocycles. The van der Waals surface area contributed by atoms with Crippen LogP contribution in [-0.2, 0) is 4.79 Å². The lowest BCUT2D eigenvalue weighted by Crippen LogP contribution is -2.45. The third-order valence-corrected chi connectivity index (χ3v) is 8.78. The van der Waals surface area contributed by atoms with Crippen molar-refractivity contribution in [2.75, 3.05) is 6.61 Å². The number of unbranched alkanes of at least 4 members (excludes halogenated alkanes) is 15. The number of carbonyl (C=O) groups is 1. The van der Waals surface area contributed by atoms with E-state index in [1.54, 1.807) is 6.08 Å². The van der Waals surface area contributed by atoms with Crippen molar-refractivity contribution in [3.63, 3.8) is 0 Å². The molecule has 0 saturated carbocycles. The summed E-state index contributed by atoms with van der Waals surface area (Å²) in [7, 11) is 0. The van der Waals surface area contributed by atoms with E-state index < -0.39 is 12.1 Å². The van der Waals surface area contributed by atoms with E-state index in [-0.39, 0.29) is 12.5 Å². The van der Waals surface area contributed by atoms with E-state index in [1.165, 1.54) is 70.6 Å². The van der Waals surface area contributed by atoms with Crippen LogP contribution < -0.4 is 5.32 Å². The number of aliphatic hydroxyl groups excluding tert-OH is 2. The van der Waals surface area contributed by atoms with Crippen LogP contribution in [0.1, 0.15) is 174 Å². The van der Waals surface area contributed by atoms with E-state index in [2.05, 4.69) is 104 Å². The van der Waals surface area contributed by atoms with Gasteiger partial charge in [0.2, 0.25) is 5.91 Å². The van der Waals surface area contributed by atoms with E-state index in [0.717, 1.165) is 83.5 Å². The molecule has 0 aliphatic heterocycles. The Labute approximate surface area is 315 Å². The minimum atomic E-state index is -0.880. The number of amides is 1. The van der Waals surface area contributed by atoms with Crippen molar-refractivity contribution < 1.29 is 15.0 Å². The second kappa shape index (κ2) is 41.7. The molecule has 0 aromatic rings. The summed E-state index contributed by atoms with van der Waals surface area (Å²) in [6, 6.07) is -0.657. The van der Waals surface area contributed by atoms with Crippen LogP contribution in [0.25, 0.3) is 0 Å². The van der Waals surface area contributed by atoms with Gasteiger partial charge in [-0.1, -0.05) is 175 Å². The topological polar surface area (TPSA) is 69.6 Å². The van der Waals surface area contributed by atoms with Crippen LogP contribution in [-0.4, -0.2) is 34.9 Å². The molecule has 51 heavy (non-hydrogen) atoms. The summed E-state index contributed by atoms with van der Waals surface area (Å²) in [6.45, 7) is 4.15. The maximum Gasteiger partial charge on any atom is 0.220 e. The highest BCUT2D eigenvalue weighted by atomic mass is 16.3. The molecule has 1 amide bonds. The lowest BCUT2D eigenvalue weighted by atomic mass is 10.1. The normalized spacial score (nSPS) is 14.0. The van der Waals surface area contributed by atoms with E-state index >= 15 is 0 Å². The van der Waals surface area contributed by atoms with Crippen LogP contribution in [0, 0.1) is 0 Å². The monoisotopic (exact) mass is 706 g/mol. The Morgan fingerprint density at radius 2 is 0.882 bits per heavy atom. The van der Waals surface area contributed by atoms with Crippen LogP contribution in [0.5, 0.6) is 0 Å². The van der Waals surface area contributed by atoms with Crippen LogP contribution >= 0.6 is 0 Å². The summed E-state index contributed by atoms with van der Waals surface area (Å²) in [5.74, 6) is -0.0949. The van der Waals surface area contributed by atoms with Crippen molar-refractivity contribution in [3.05, 3.63) is 97.2 Å². The Balaban J connectivity index is 3.72. The summed E-state index contributed by atoms with van der Waals surface area (Å²) in [4.78, 5) is 12.4. The minimum Gasteiger partial charge on any atom is -0.394 e. The first-order valence-corrected chi connectivity index (χ1v) is 21.0. The van der Waals surface area contributed by atoms with Gasteiger partial charge in [0, 0.05) is 6.42 Å². The fourth-order valence-corrected chi connectivity index (χ4v) is 5.59. The molecule has 0 aliphatic carbocycles. The largest absolute Gasteiger partial charge is 0.394 e. The molecule has 0 saturated heterocycles. The Hall–Kier alpha value is -2.69. The summed E-state index contributed by atoms with van der Waals surface area (Å²) < 4.78 is 0. The highest BCUT2D eigenvalue weighted by Crippen LogP contribution is 2.11. The first kappa shape index (κ1) is 48.3. The first-order valence-electron chi connectivity index (χ1n) is 21.0. The zero-order valence-electron chi connectivity index (χ0n) is 33.1. The van der Waals surface area contributed by atoms with Crippen molar-refractivity contribution >= 4 is 5.91 Å². The molecule has 0 rings (SSSR count). The molecule has 290 valence electrons. The van der Waals surface area contributed by atoms with Crippen molar-refractivity contribution in [2.45, 2.75) is 187 Å². The van der Waals surface area contributed by atoms with E-state index in [0.29, 0.717) is 6.42 Å². The molecule has 2 atom stereocenters. The average Bonchev–Trinajstić information content (AvgIpc) is 3.13. The summed E-state index contributed by atoms with van der Waals surface area (Å²) >= 11 is 0. The molecule has 0 aliphatic rings. The fourth-order valence-electron chi connectivity index (χ4n) is 5.59. The molecule has 3 N–H and O–H groups in total.